The molecule has 2 aromatic rings. The van der Waals surface area contributed by atoms with Crippen LogP contribution in [0.4, 0.5) is 11.4 Å². The van der Waals surface area contributed by atoms with Crippen molar-refractivity contribution in [3.8, 4) is 11.5 Å². The molecule has 1 N–H and O–H groups in total. The number of hydrogen-bond donors (Lipinski definition) is 1. The van der Waals surface area contributed by atoms with Gasteiger partial charge in [0.05, 0.1) is 29.8 Å². The van der Waals surface area contributed by atoms with Crippen LogP contribution in [0.25, 0.3) is 0 Å². The molecule has 7 nitrogen and oxygen atoms in total. The number of rotatable bonds is 5. The van der Waals surface area contributed by atoms with Gasteiger partial charge in [-0.05, 0) is 43.2 Å². The Kier molecular flexibility index (Phi) is 5.45. The van der Waals surface area contributed by atoms with Crippen LogP contribution in [0.1, 0.15) is 19.4 Å². The van der Waals surface area contributed by atoms with Gasteiger partial charge in [-0.15, -0.1) is 0 Å². The minimum Gasteiger partial charge on any atom is -0.495 e. The predicted molar refractivity (Wildman–Crippen MR) is 108 cm³/mol. The summed E-state index contributed by atoms with van der Waals surface area (Å²) in [5.41, 5.74) is 1.75. The highest BCUT2D eigenvalue weighted by molar-refractivity contribution is 7.92. The Morgan fingerprint density at radius 1 is 1.18 bits per heavy atom. The topological polar surface area (TPSA) is 84.9 Å². The third-order valence-electron chi connectivity index (χ3n) is 4.63. The average Bonchev–Trinajstić information content (AvgIpc) is 2.96. The molecule has 150 valence electrons. The Bertz CT molecular complexity index is 1040. The van der Waals surface area contributed by atoms with E-state index in [4.69, 9.17) is 21.1 Å². The van der Waals surface area contributed by atoms with Crippen LogP contribution < -0.4 is 19.1 Å². The van der Waals surface area contributed by atoms with Gasteiger partial charge in [0, 0.05) is 24.7 Å². The largest absolute Gasteiger partial charge is 0.495 e. The zero-order valence-corrected chi connectivity index (χ0v) is 17.5. The molecule has 2 aromatic carbocycles. The number of methoxy groups -OCH3 is 2. The fourth-order valence-electron chi connectivity index (χ4n) is 3.40. The summed E-state index contributed by atoms with van der Waals surface area (Å²) < 4.78 is 38.7. The van der Waals surface area contributed by atoms with Crippen LogP contribution in [0.3, 0.4) is 0 Å². The van der Waals surface area contributed by atoms with E-state index in [2.05, 4.69) is 4.72 Å². The molecule has 0 aliphatic carbocycles. The molecule has 1 heterocycles. The first-order valence-corrected chi connectivity index (χ1v) is 10.4. The zero-order valence-electron chi connectivity index (χ0n) is 15.9. The number of halogens is 1. The molecule has 0 saturated heterocycles. The van der Waals surface area contributed by atoms with Crippen molar-refractivity contribution in [2.75, 3.05) is 23.8 Å². The first-order valence-electron chi connectivity index (χ1n) is 8.55. The van der Waals surface area contributed by atoms with Crippen molar-refractivity contribution in [1.82, 2.24) is 0 Å². The second-order valence-electron chi connectivity index (χ2n) is 6.53. The van der Waals surface area contributed by atoms with Crippen LogP contribution in [-0.2, 0) is 21.2 Å². The number of benzene rings is 2. The highest BCUT2D eigenvalue weighted by Gasteiger charge is 2.30. The van der Waals surface area contributed by atoms with E-state index in [9.17, 15) is 13.2 Å². The molecular formula is C19H21ClN2O5S. The minimum atomic E-state index is -3.89. The average molecular weight is 425 g/mol. The smallest absolute Gasteiger partial charge is 0.262 e. The number of amides is 1. The quantitative estimate of drug-likeness (QED) is 0.794. The van der Waals surface area contributed by atoms with Crippen molar-refractivity contribution in [2.45, 2.75) is 31.2 Å². The Morgan fingerprint density at radius 3 is 2.46 bits per heavy atom. The normalized spacial score (nSPS) is 15.9. The third-order valence-corrected chi connectivity index (χ3v) is 6.29. The summed E-state index contributed by atoms with van der Waals surface area (Å²) in [6.45, 7) is 3.43. The molecule has 0 spiro atoms. The molecule has 1 aliphatic heterocycles. The van der Waals surface area contributed by atoms with Crippen molar-refractivity contribution in [3.05, 3.63) is 40.9 Å². The van der Waals surface area contributed by atoms with Crippen molar-refractivity contribution in [3.63, 3.8) is 0 Å². The lowest BCUT2D eigenvalue weighted by Gasteiger charge is -2.20. The lowest BCUT2D eigenvalue weighted by atomic mass is 10.1. The molecule has 9 heteroatoms. The molecule has 0 bridgehead atoms. The van der Waals surface area contributed by atoms with E-state index >= 15 is 0 Å². The lowest BCUT2D eigenvalue weighted by Crippen LogP contribution is -2.33. The molecule has 0 saturated carbocycles. The summed E-state index contributed by atoms with van der Waals surface area (Å²) in [4.78, 5) is 13.6. The number of hydrogen-bond acceptors (Lipinski definition) is 5. The summed E-state index contributed by atoms with van der Waals surface area (Å²) in [5, 5.41) is 0.251. The van der Waals surface area contributed by atoms with Crippen molar-refractivity contribution >= 4 is 38.9 Å². The number of nitrogens with one attached hydrogen (secondary N) is 1. The minimum absolute atomic E-state index is 0.0149. The standard InChI is InChI=1S/C19H21ClN2O5S/c1-11-7-13-8-14(5-6-17(13)22(11)12(2)23)28(24,25)21-16-9-15(20)18(26-3)10-19(16)27-4/h5-6,8-11,21H,7H2,1-4H3/t11-/m1/s1. The van der Waals surface area contributed by atoms with Gasteiger partial charge in [0.2, 0.25) is 5.91 Å². The van der Waals surface area contributed by atoms with Gasteiger partial charge < -0.3 is 14.4 Å². The van der Waals surface area contributed by atoms with Gasteiger partial charge in [-0.25, -0.2) is 8.42 Å². The number of carbonyl (C=O) groups excluding carboxylic acids is 1. The zero-order chi connectivity index (χ0) is 20.6. The molecular weight excluding hydrogens is 404 g/mol. The van der Waals surface area contributed by atoms with Crippen molar-refractivity contribution in [1.29, 1.82) is 0 Å². The molecule has 0 unspecified atom stereocenters. The lowest BCUT2D eigenvalue weighted by molar-refractivity contribution is -0.116. The van der Waals surface area contributed by atoms with Gasteiger partial charge in [0.15, 0.2) is 0 Å². The van der Waals surface area contributed by atoms with Crippen LogP contribution >= 0.6 is 11.6 Å². The second kappa shape index (κ2) is 7.52. The second-order valence-corrected chi connectivity index (χ2v) is 8.61. The van der Waals surface area contributed by atoms with E-state index in [1.54, 1.807) is 17.0 Å². The fourth-order valence-corrected chi connectivity index (χ4v) is 4.75. The maximum Gasteiger partial charge on any atom is 0.262 e. The van der Waals surface area contributed by atoms with Crippen LogP contribution in [0, 0.1) is 0 Å². The molecule has 3 rings (SSSR count). The van der Waals surface area contributed by atoms with Gasteiger partial charge in [-0.3, -0.25) is 9.52 Å². The maximum absolute atomic E-state index is 12.9. The van der Waals surface area contributed by atoms with Crippen LogP contribution in [0.2, 0.25) is 5.02 Å². The molecule has 0 fully saturated rings. The van der Waals surface area contributed by atoms with Crippen molar-refractivity contribution in [2.24, 2.45) is 0 Å². The first-order chi connectivity index (χ1) is 13.2. The highest BCUT2D eigenvalue weighted by atomic mass is 35.5. The van der Waals surface area contributed by atoms with Gasteiger partial charge >= 0.3 is 0 Å². The SMILES string of the molecule is COc1cc(OC)c(NS(=O)(=O)c2ccc3c(c2)C[C@@H](C)N3C(C)=O)cc1Cl. The Balaban J connectivity index is 1.96. The molecule has 1 atom stereocenters. The Morgan fingerprint density at radius 2 is 1.86 bits per heavy atom. The van der Waals surface area contributed by atoms with Crippen LogP contribution in [0.5, 0.6) is 11.5 Å². The number of carbonyl (C=O) groups is 1. The van der Waals surface area contributed by atoms with E-state index in [0.717, 1.165) is 11.3 Å². The number of fused-ring (bicyclic) bond motifs is 1. The van der Waals surface area contributed by atoms with Crippen LogP contribution in [0.15, 0.2) is 35.2 Å². The van der Waals surface area contributed by atoms with Gasteiger partial charge in [-0.1, -0.05) is 11.6 Å². The predicted octanol–water partition coefficient (Wildman–Crippen LogP) is 3.46. The number of sulfonamides is 1. The maximum atomic E-state index is 12.9. The summed E-state index contributed by atoms with van der Waals surface area (Å²) in [7, 11) is -1.01. The van der Waals surface area contributed by atoms with E-state index in [-0.39, 0.29) is 33.3 Å². The van der Waals surface area contributed by atoms with E-state index in [0.29, 0.717) is 12.2 Å². The monoisotopic (exact) mass is 424 g/mol. The molecule has 28 heavy (non-hydrogen) atoms. The van der Waals surface area contributed by atoms with Crippen molar-refractivity contribution < 1.29 is 22.7 Å². The molecule has 1 aliphatic rings. The summed E-state index contributed by atoms with van der Waals surface area (Å²) in [6.07, 6.45) is 0.593. The number of ether oxygens (including phenoxy) is 2. The third kappa shape index (κ3) is 3.62. The van der Waals surface area contributed by atoms with E-state index in [1.807, 2.05) is 6.92 Å². The molecule has 0 radical (unpaired) electrons. The highest BCUT2D eigenvalue weighted by Crippen LogP contribution is 2.38. The fraction of sp³-hybridized carbons (Fsp3) is 0.316. The molecule has 1 amide bonds. The number of nitrogens with zero attached hydrogens (tertiary/aromatic N) is 1. The Labute approximate surface area is 169 Å². The summed E-state index contributed by atoms with van der Waals surface area (Å²) in [5.74, 6) is 0.581. The van der Waals surface area contributed by atoms with Gasteiger partial charge in [0.25, 0.3) is 10.0 Å². The summed E-state index contributed by atoms with van der Waals surface area (Å²) in [6, 6.07) is 7.66. The number of anilines is 2. The molecule has 0 aromatic heterocycles. The first kappa shape index (κ1) is 20.3. The van der Waals surface area contributed by atoms with E-state index < -0.39 is 10.0 Å². The van der Waals surface area contributed by atoms with E-state index in [1.165, 1.54) is 39.3 Å². The van der Waals surface area contributed by atoms with Gasteiger partial charge in [-0.2, -0.15) is 0 Å². The summed E-state index contributed by atoms with van der Waals surface area (Å²) >= 11 is 6.12. The Hall–Kier alpha value is -2.45. The van der Waals surface area contributed by atoms with Gasteiger partial charge in [0.1, 0.15) is 11.5 Å². The van der Waals surface area contributed by atoms with Crippen LogP contribution in [-0.4, -0.2) is 34.6 Å².